The zero-order valence-corrected chi connectivity index (χ0v) is 39.0. The Bertz CT molecular complexity index is 3090. The van der Waals surface area contributed by atoms with Gasteiger partial charge in [0, 0.05) is 23.4 Å². The second kappa shape index (κ2) is 17.6. The van der Waals surface area contributed by atoms with Gasteiger partial charge in [-0.2, -0.15) is 0 Å². The molecule has 7 atom stereocenters. The number of alkyl carbamates (subject to hydrolysis) is 2. The van der Waals surface area contributed by atoms with Crippen molar-refractivity contribution in [2.24, 2.45) is 23.7 Å². The van der Waals surface area contributed by atoms with Gasteiger partial charge >= 0.3 is 12.2 Å². The van der Waals surface area contributed by atoms with Crippen molar-refractivity contribution in [1.29, 1.82) is 0 Å². The lowest BCUT2D eigenvalue weighted by Crippen LogP contribution is -2.51. The lowest BCUT2D eigenvalue weighted by Gasteiger charge is -2.42. The van der Waals surface area contributed by atoms with Crippen molar-refractivity contribution in [3.05, 3.63) is 108 Å². The zero-order chi connectivity index (χ0) is 46.8. The minimum Gasteiger partial charge on any atom is -0.453 e. The third-order valence-corrected chi connectivity index (χ3v) is 15.6. The molecule has 5 aromatic carbocycles. The van der Waals surface area contributed by atoms with Crippen molar-refractivity contribution in [1.82, 2.24) is 40.4 Å². The van der Waals surface area contributed by atoms with E-state index in [1.165, 1.54) is 39.9 Å². The van der Waals surface area contributed by atoms with Crippen LogP contribution in [0.1, 0.15) is 101 Å². The Morgan fingerprint density at radius 2 is 1.29 bits per heavy atom. The molecule has 0 radical (unpaired) electrons. The number of hydrogen-bond acceptors (Lipinski definition) is 8. The first-order chi connectivity index (χ1) is 33.1. The number of imidazole rings is 2. The number of hydrogen-bond donors (Lipinski definition) is 4. The number of amides is 4. The highest BCUT2D eigenvalue weighted by molar-refractivity contribution is 6.07. The molecular weight excluding hydrogens is 857 g/mol. The smallest absolute Gasteiger partial charge is 0.407 e. The van der Waals surface area contributed by atoms with E-state index >= 15 is 4.79 Å². The molecule has 4 aliphatic rings. The summed E-state index contributed by atoms with van der Waals surface area (Å²) >= 11 is 0. The molecule has 2 aliphatic carbocycles. The number of aromatic nitrogens is 4. The molecule has 4 N–H and O–H groups in total. The number of fused-ring (bicyclic) bond motifs is 8. The minimum atomic E-state index is -0.891. The Hall–Kier alpha value is -6.96. The van der Waals surface area contributed by atoms with E-state index in [-0.39, 0.29) is 41.8 Å². The third kappa shape index (κ3) is 7.57. The van der Waals surface area contributed by atoms with Gasteiger partial charge in [0.25, 0.3) is 5.91 Å². The summed E-state index contributed by atoms with van der Waals surface area (Å²) in [5.41, 5.74) is 6.42. The second-order valence-electron chi connectivity index (χ2n) is 19.8. The van der Waals surface area contributed by atoms with Crippen molar-refractivity contribution in [3.8, 4) is 11.1 Å². The van der Waals surface area contributed by atoms with Crippen molar-refractivity contribution in [3.63, 3.8) is 0 Å². The predicted molar refractivity (Wildman–Crippen MR) is 260 cm³/mol. The fraction of sp³-hybridized carbons (Fsp3) is 0.407. The highest BCUT2D eigenvalue weighted by Crippen LogP contribution is 2.57. The number of rotatable bonds is 10. The molecule has 68 heavy (non-hydrogen) atoms. The number of benzene rings is 5. The first-order valence-electron chi connectivity index (χ1n) is 24.3. The fourth-order valence-electron chi connectivity index (χ4n) is 12.4. The van der Waals surface area contributed by atoms with Gasteiger partial charge in [0.1, 0.15) is 23.7 Å². The number of methoxy groups -OCH3 is 2. The van der Waals surface area contributed by atoms with Crippen LogP contribution in [-0.4, -0.2) is 86.6 Å². The SMILES string of the molecule is COC(=O)N[C@H](C(=O)N1CCC[C@H]1c1nc2c(ccc3cc(-c4ccc5c(ccc6[nH]c([C@@H]7[C@H]8CC(C9CCCC9)[C@H](C8)N7C(=O)[C@H](NC(=O)OC)c7ccccc7)nc65)c4)ccc32)[nH]1)C(C)C. The summed E-state index contributed by atoms with van der Waals surface area (Å²) < 4.78 is 9.84. The topological polar surface area (TPSA) is 175 Å². The maximum atomic E-state index is 15.0. The van der Waals surface area contributed by atoms with Gasteiger partial charge in [-0.05, 0) is 101 Å². The van der Waals surface area contributed by atoms with Crippen LogP contribution in [0.5, 0.6) is 0 Å². The molecule has 1 unspecified atom stereocenters. The highest BCUT2D eigenvalue weighted by atomic mass is 16.5. The monoisotopic (exact) mass is 914 g/mol. The molecule has 14 heteroatoms. The number of likely N-dealkylation sites (tertiary alicyclic amines) is 2. The Morgan fingerprint density at radius 3 is 1.93 bits per heavy atom. The van der Waals surface area contributed by atoms with Crippen molar-refractivity contribution < 1.29 is 28.7 Å². The van der Waals surface area contributed by atoms with Crippen LogP contribution in [0.2, 0.25) is 0 Å². The molecule has 2 aliphatic heterocycles. The van der Waals surface area contributed by atoms with Gasteiger partial charge in [0.15, 0.2) is 0 Å². The molecule has 2 aromatic heterocycles. The van der Waals surface area contributed by atoms with E-state index in [2.05, 4.69) is 86.2 Å². The highest BCUT2D eigenvalue weighted by Gasteiger charge is 2.57. The lowest BCUT2D eigenvalue weighted by atomic mass is 9.81. The van der Waals surface area contributed by atoms with Crippen LogP contribution in [0.25, 0.3) is 54.7 Å². The number of carbonyl (C=O) groups excluding carboxylic acids is 4. The molecular formula is C54H58N8O6. The Labute approximate surface area is 394 Å². The molecule has 4 heterocycles. The molecule has 0 spiro atoms. The number of ether oxygens (including phenoxy) is 2. The number of aromatic amines is 2. The lowest BCUT2D eigenvalue weighted by molar-refractivity contribution is -0.140. The van der Waals surface area contributed by atoms with Crippen LogP contribution in [-0.2, 0) is 19.1 Å². The molecule has 4 fully saturated rings. The number of piperidine rings is 1. The van der Waals surface area contributed by atoms with E-state index in [9.17, 15) is 14.4 Å². The summed E-state index contributed by atoms with van der Waals surface area (Å²) in [5.74, 6) is 2.44. The van der Waals surface area contributed by atoms with Crippen molar-refractivity contribution in [2.45, 2.75) is 95.4 Å². The van der Waals surface area contributed by atoms with Gasteiger partial charge in [-0.25, -0.2) is 19.6 Å². The van der Waals surface area contributed by atoms with Crippen molar-refractivity contribution >= 4 is 67.6 Å². The Morgan fingerprint density at radius 1 is 0.676 bits per heavy atom. The second-order valence-corrected chi connectivity index (χ2v) is 19.8. The van der Waals surface area contributed by atoms with Gasteiger partial charge in [-0.1, -0.05) is 106 Å². The first kappa shape index (κ1) is 43.6. The van der Waals surface area contributed by atoms with Crippen LogP contribution in [0.4, 0.5) is 9.59 Å². The standard InChI is InChI=1S/C54H58N8O6/c1-29(2)44(59-53(65)67-3)51(63)61-24-10-15-42(61)49-55-40-22-18-34-25-32(16-20-37(34)46(40)57-49)33-17-21-38-35(26-33)19-23-41-47(38)58-50(56-41)48-36-27-39(30-11-8-9-12-30)43(28-36)62(48)52(64)45(60-54(66)68-4)31-13-6-5-7-14-31/h5-7,13-14,16-23,25-26,29-30,36,39,42-45,48H,8-12,15,24,27-28H2,1-4H3,(H,55,57)(H,56,58)(H,59,65)(H,60,66)/t36-,39?,42-,43-,44-,45+,48-/m0/s1. The van der Waals surface area contributed by atoms with Gasteiger partial charge in [-0.15, -0.1) is 0 Å². The molecule has 7 aromatic rings. The van der Waals surface area contributed by atoms with Crippen molar-refractivity contribution in [2.75, 3.05) is 20.8 Å². The van der Waals surface area contributed by atoms with Gasteiger partial charge in [0.2, 0.25) is 5.91 Å². The fourth-order valence-corrected chi connectivity index (χ4v) is 12.4. The van der Waals surface area contributed by atoms with E-state index < -0.39 is 24.3 Å². The maximum absolute atomic E-state index is 15.0. The van der Waals surface area contributed by atoms with Crippen LogP contribution < -0.4 is 10.6 Å². The zero-order valence-electron chi connectivity index (χ0n) is 39.0. The van der Waals surface area contributed by atoms with E-state index in [1.807, 2.05) is 49.1 Å². The summed E-state index contributed by atoms with van der Waals surface area (Å²) in [6, 6.07) is 28.8. The maximum Gasteiger partial charge on any atom is 0.407 e. The van der Waals surface area contributed by atoms with E-state index in [0.717, 1.165) is 97.6 Å². The van der Waals surface area contributed by atoms with Crippen LogP contribution >= 0.6 is 0 Å². The number of nitrogens with zero attached hydrogens (tertiary/aromatic N) is 4. The van der Waals surface area contributed by atoms with E-state index in [0.29, 0.717) is 18.4 Å². The average molecular weight is 915 g/mol. The van der Waals surface area contributed by atoms with Crippen LogP contribution in [0, 0.1) is 23.7 Å². The summed E-state index contributed by atoms with van der Waals surface area (Å²) in [7, 11) is 2.63. The van der Waals surface area contributed by atoms with Gasteiger partial charge < -0.3 is 39.9 Å². The molecule has 4 amide bonds. The van der Waals surface area contributed by atoms with Gasteiger partial charge in [0.05, 0.1) is 48.4 Å². The normalized spacial score (nSPS) is 22.5. The summed E-state index contributed by atoms with van der Waals surface area (Å²) in [4.78, 5) is 75.3. The minimum absolute atomic E-state index is 0.0704. The predicted octanol–water partition coefficient (Wildman–Crippen LogP) is 10.0. The van der Waals surface area contributed by atoms with E-state index in [4.69, 9.17) is 19.4 Å². The number of H-pyrrole nitrogens is 2. The molecule has 2 saturated heterocycles. The summed E-state index contributed by atoms with van der Waals surface area (Å²) in [6.07, 6.45) is 7.25. The molecule has 11 rings (SSSR count). The Kier molecular flexibility index (Phi) is 11.3. The molecule has 14 nitrogen and oxygen atoms in total. The van der Waals surface area contributed by atoms with Crippen LogP contribution in [0.15, 0.2) is 91.0 Å². The quantitative estimate of drug-likeness (QED) is 0.105. The Balaban J connectivity index is 0.885. The first-order valence-corrected chi connectivity index (χ1v) is 24.3. The molecule has 2 saturated carbocycles. The summed E-state index contributed by atoms with van der Waals surface area (Å²) in [5, 5.41) is 9.77. The number of carbonyl (C=O) groups is 4. The molecule has 2 bridgehead atoms. The molecule has 350 valence electrons. The largest absolute Gasteiger partial charge is 0.453 e. The number of nitrogens with one attached hydrogen (secondary N) is 4. The van der Waals surface area contributed by atoms with E-state index in [1.54, 1.807) is 0 Å². The van der Waals surface area contributed by atoms with Crippen LogP contribution in [0.3, 0.4) is 0 Å². The summed E-state index contributed by atoms with van der Waals surface area (Å²) in [6.45, 7) is 4.42. The third-order valence-electron chi connectivity index (χ3n) is 15.6. The van der Waals surface area contributed by atoms with Gasteiger partial charge in [-0.3, -0.25) is 9.59 Å². The average Bonchev–Trinajstić information content (AvgIpc) is 4.23.